The molecule has 2 heterocycles. The van der Waals surface area contributed by atoms with Gasteiger partial charge in [-0.15, -0.1) is 0 Å². The predicted octanol–water partition coefficient (Wildman–Crippen LogP) is 2.21. The van der Waals surface area contributed by atoms with Crippen LogP contribution in [-0.4, -0.2) is 29.5 Å². The van der Waals surface area contributed by atoms with Gasteiger partial charge in [0.05, 0.1) is 6.04 Å². The maximum atomic E-state index is 11.9. The maximum absolute atomic E-state index is 11.9. The van der Waals surface area contributed by atoms with Gasteiger partial charge in [0.15, 0.2) is 5.82 Å². The van der Waals surface area contributed by atoms with E-state index in [1.165, 1.54) is 0 Å². The van der Waals surface area contributed by atoms with Gasteiger partial charge in [-0.25, -0.2) is 0 Å². The van der Waals surface area contributed by atoms with Gasteiger partial charge in [0.2, 0.25) is 5.89 Å². The van der Waals surface area contributed by atoms with E-state index in [4.69, 9.17) is 4.52 Å². The summed E-state index contributed by atoms with van der Waals surface area (Å²) in [6.07, 6.45) is -2.37. The van der Waals surface area contributed by atoms with Crippen LogP contribution in [0.3, 0.4) is 0 Å². The zero-order chi connectivity index (χ0) is 13.9. The van der Waals surface area contributed by atoms with Gasteiger partial charge in [0.1, 0.15) is 13.2 Å². The second kappa shape index (κ2) is 5.87. The Kier molecular flexibility index (Phi) is 4.41. The number of hydrogen-bond donors (Lipinski definition) is 1. The van der Waals surface area contributed by atoms with Crippen molar-refractivity contribution in [1.29, 1.82) is 0 Å². The van der Waals surface area contributed by atoms with Gasteiger partial charge >= 0.3 is 6.18 Å². The first-order valence-corrected chi connectivity index (χ1v) is 6.14. The number of alkyl halides is 3. The molecule has 2 atom stereocenters. The molecule has 19 heavy (non-hydrogen) atoms. The zero-order valence-electron chi connectivity index (χ0n) is 10.5. The molecule has 8 heteroatoms. The molecule has 0 spiro atoms. The molecular weight excluding hydrogens is 263 g/mol. The summed E-state index contributed by atoms with van der Waals surface area (Å²) in [5.41, 5.74) is 0. The van der Waals surface area contributed by atoms with Crippen LogP contribution in [0.15, 0.2) is 4.52 Å². The molecule has 0 radical (unpaired) electrons. The van der Waals surface area contributed by atoms with Gasteiger partial charge < -0.3 is 14.6 Å². The third kappa shape index (κ3) is 4.46. The van der Waals surface area contributed by atoms with Crippen molar-refractivity contribution >= 4 is 0 Å². The van der Waals surface area contributed by atoms with Crippen LogP contribution >= 0.6 is 0 Å². The summed E-state index contributed by atoms with van der Waals surface area (Å²) in [4.78, 5) is 4.06. The Hall–Kier alpha value is -1.15. The van der Waals surface area contributed by atoms with Crippen LogP contribution < -0.4 is 5.32 Å². The van der Waals surface area contributed by atoms with Gasteiger partial charge in [-0.1, -0.05) is 12.1 Å². The van der Waals surface area contributed by atoms with Crippen LogP contribution in [-0.2, 0) is 11.3 Å². The third-order valence-electron chi connectivity index (χ3n) is 2.94. The summed E-state index contributed by atoms with van der Waals surface area (Å²) in [7, 11) is 0. The summed E-state index contributed by atoms with van der Waals surface area (Å²) in [5.74, 6) is 1.11. The largest absolute Gasteiger partial charge is 0.411 e. The Morgan fingerprint density at radius 2 is 2.26 bits per heavy atom. The molecule has 1 saturated heterocycles. The molecule has 108 valence electrons. The van der Waals surface area contributed by atoms with Gasteiger partial charge in [-0.2, -0.15) is 18.2 Å². The van der Waals surface area contributed by atoms with Crippen LogP contribution in [0.4, 0.5) is 13.2 Å². The lowest BCUT2D eigenvalue weighted by Crippen LogP contribution is -2.30. The molecule has 0 bridgehead atoms. The van der Waals surface area contributed by atoms with Crippen molar-refractivity contribution in [2.75, 3.05) is 13.2 Å². The fourth-order valence-corrected chi connectivity index (χ4v) is 2.02. The van der Waals surface area contributed by atoms with Gasteiger partial charge in [0, 0.05) is 0 Å². The van der Waals surface area contributed by atoms with E-state index in [0.29, 0.717) is 11.8 Å². The average molecular weight is 279 g/mol. The standard InChI is InChI=1S/C11H16F3N3O2/c1-7-2-3-15-8(4-7)10-16-9(17-19-10)5-18-6-11(12,13)14/h7-8,15H,2-6H2,1H3. The lowest BCUT2D eigenvalue weighted by atomic mass is 9.94. The topological polar surface area (TPSA) is 60.2 Å². The molecule has 5 nitrogen and oxygen atoms in total. The second-order valence-electron chi connectivity index (χ2n) is 4.79. The van der Waals surface area contributed by atoms with Crippen LogP contribution in [0, 0.1) is 5.92 Å². The van der Waals surface area contributed by atoms with Crippen molar-refractivity contribution in [3.63, 3.8) is 0 Å². The van der Waals surface area contributed by atoms with E-state index in [0.717, 1.165) is 19.4 Å². The van der Waals surface area contributed by atoms with E-state index in [1.807, 2.05) is 0 Å². The fourth-order valence-electron chi connectivity index (χ4n) is 2.02. The van der Waals surface area contributed by atoms with E-state index in [-0.39, 0.29) is 18.5 Å². The molecule has 1 fully saturated rings. The molecule has 0 saturated carbocycles. The minimum Gasteiger partial charge on any atom is -0.364 e. The summed E-state index contributed by atoms with van der Waals surface area (Å²) in [6.45, 7) is 1.40. The molecule has 1 aliphatic rings. The number of aromatic nitrogens is 2. The van der Waals surface area contributed by atoms with Crippen LogP contribution in [0.2, 0.25) is 0 Å². The van der Waals surface area contributed by atoms with Crippen molar-refractivity contribution < 1.29 is 22.4 Å². The Labute approximate surface area is 108 Å². The lowest BCUT2D eigenvalue weighted by Gasteiger charge is -2.25. The molecule has 1 N–H and O–H groups in total. The predicted molar refractivity (Wildman–Crippen MR) is 59.2 cm³/mol. The first-order chi connectivity index (χ1) is 8.94. The Balaban J connectivity index is 1.85. The molecular formula is C11H16F3N3O2. The number of hydrogen-bond acceptors (Lipinski definition) is 5. The normalized spacial score (nSPS) is 24.6. The monoisotopic (exact) mass is 279 g/mol. The van der Waals surface area contributed by atoms with E-state index < -0.39 is 12.8 Å². The highest BCUT2D eigenvalue weighted by Crippen LogP contribution is 2.25. The van der Waals surface area contributed by atoms with E-state index in [1.54, 1.807) is 0 Å². The molecule has 1 aliphatic heterocycles. The lowest BCUT2D eigenvalue weighted by molar-refractivity contribution is -0.177. The maximum Gasteiger partial charge on any atom is 0.411 e. The Morgan fingerprint density at radius 1 is 1.47 bits per heavy atom. The minimum atomic E-state index is -4.34. The molecule has 1 aromatic rings. The molecule has 2 rings (SSSR count). The van der Waals surface area contributed by atoms with Crippen LogP contribution in [0.5, 0.6) is 0 Å². The van der Waals surface area contributed by atoms with E-state index in [9.17, 15) is 13.2 Å². The highest BCUT2D eigenvalue weighted by atomic mass is 19.4. The smallest absolute Gasteiger partial charge is 0.364 e. The number of nitrogens with zero attached hydrogens (tertiary/aromatic N) is 2. The quantitative estimate of drug-likeness (QED) is 0.915. The third-order valence-corrected chi connectivity index (χ3v) is 2.94. The number of ether oxygens (including phenoxy) is 1. The highest BCUT2D eigenvalue weighted by molar-refractivity contribution is 4.94. The van der Waals surface area contributed by atoms with Gasteiger partial charge in [-0.3, -0.25) is 0 Å². The number of nitrogens with one attached hydrogen (secondary N) is 1. The highest BCUT2D eigenvalue weighted by Gasteiger charge is 2.28. The summed E-state index contributed by atoms with van der Waals surface area (Å²) in [6, 6.07) is -0.0207. The van der Waals surface area contributed by atoms with Crippen molar-refractivity contribution in [3.05, 3.63) is 11.7 Å². The molecule has 0 aromatic carbocycles. The molecule has 1 aromatic heterocycles. The van der Waals surface area contributed by atoms with Crippen molar-refractivity contribution in [1.82, 2.24) is 15.5 Å². The Morgan fingerprint density at radius 3 is 2.95 bits per heavy atom. The fraction of sp³-hybridized carbons (Fsp3) is 0.818. The second-order valence-corrected chi connectivity index (χ2v) is 4.79. The number of rotatable bonds is 4. The summed E-state index contributed by atoms with van der Waals surface area (Å²) >= 11 is 0. The SMILES string of the molecule is CC1CCNC(c2nc(COCC(F)(F)F)no2)C1. The first kappa shape index (κ1) is 14.3. The average Bonchev–Trinajstić information content (AvgIpc) is 2.76. The molecule has 2 unspecified atom stereocenters. The van der Waals surface area contributed by atoms with Crippen molar-refractivity contribution in [3.8, 4) is 0 Å². The van der Waals surface area contributed by atoms with E-state index >= 15 is 0 Å². The minimum absolute atomic E-state index is 0.0207. The Bertz CT molecular complexity index is 408. The van der Waals surface area contributed by atoms with Gasteiger partial charge in [-0.05, 0) is 25.3 Å². The first-order valence-electron chi connectivity index (χ1n) is 6.14. The molecule has 0 aliphatic carbocycles. The summed E-state index contributed by atoms with van der Waals surface area (Å²) < 4.78 is 45.2. The number of piperidine rings is 1. The molecule has 0 amide bonds. The van der Waals surface area contributed by atoms with Crippen LogP contribution in [0.25, 0.3) is 0 Å². The zero-order valence-corrected chi connectivity index (χ0v) is 10.5. The summed E-state index contributed by atoms with van der Waals surface area (Å²) in [5, 5.41) is 6.86. The van der Waals surface area contributed by atoms with Gasteiger partial charge in [0.25, 0.3) is 0 Å². The van der Waals surface area contributed by atoms with Crippen molar-refractivity contribution in [2.24, 2.45) is 5.92 Å². The van der Waals surface area contributed by atoms with Crippen molar-refractivity contribution in [2.45, 2.75) is 38.6 Å². The van der Waals surface area contributed by atoms with E-state index in [2.05, 4.69) is 27.1 Å². The van der Waals surface area contributed by atoms with Crippen LogP contribution in [0.1, 0.15) is 37.5 Å². The number of halogens is 3.